The summed E-state index contributed by atoms with van der Waals surface area (Å²) in [5, 5.41) is 0.619. The van der Waals surface area contributed by atoms with Crippen LogP contribution in [0.4, 0.5) is 0 Å². The van der Waals surface area contributed by atoms with Gasteiger partial charge in [0, 0.05) is 5.56 Å². The molecule has 128 valence electrons. The SMILES string of the molecule is CCCCCCCC1CCC(c2ccc(C(C)=O)c(Cl)c2)CC1. The third-order valence-electron chi connectivity index (χ3n) is 5.41. The normalized spacial score (nSPS) is 21.3. The first-order valence-corrected chi connectivity index (χ1v) is 9.80. The van der Waals surface area contributed by atoms with E-state index in [0.29, 0.717) is 16.5 Å². The van der Waals surface area contributed by atoms with E-state index in [2.05, 4.69) is 13.0 Å². The molecule has 0 saturated heterocycles. The molecule has 0 atom stereocenters. The van der Waals surface area contributed by atoms with Crippen LogP contribution in [0.25, 0.3) is 0 Å². The number of carbonyl (C=O) groups is 1. The van der Waals surface area contributed by atoms with E-state index in [0.717, 1.165) is 5.92 Å². The highest BCUT2D eigenvalue weighted by molar-refractivity contribution is 6.33. The first-order valence-electron chi connectivity index (χ1n) is 9.42. The molecule has 2 heteroatoms. The van der Waals surface area contributed by atoms with Crippen LogP contribution in [0, 0.1) is 5.92 Å². The minimum Gasteiger partial charge on any atom is -0.294 e. The minimum atomic E-state index is 0.0494. The van der Waals surface area contributed by atoms with Crippen molar-refractivity contribution in [1.29, 1.82) is 0 Å². The third kappa shape index (κ3) is 5.64. The summed E-state index contributed by atoms with van der Waals surface area (Å²) in [6.45, 7) is 3.85. The number of Topliss-reactive ketones (excluding diaryl/α,β-unsaturated/α-hetero) is 1. The monoisotopic (exact) mass is 334 g/mol. The van der Waals surface area contributed by atoms with Gasteiger partial charge in [0.25, 0.3) is 0 Å². The Balaban J connectivity index is 1.78. The summed E-state index contributed by atoms with van der Waals surface area (Å²) in [4.78, 5) is 11.5. The van der Waals surface area contributed by atoms with Gasteiger partial charge in [0.05, 0.1) is 5.02 Å². The summed E-state index contributed by atoms with van der Waals surface area (Å²) < 4.78 is 0. The van der Waals surface area contributed by atoms with Gasteiger partial charge in [-0.15, -0.1) is 0 Å². The smallest absolute Gasteiger partial charge is 0.161 e. The van der Waals surface area contributed by atoms with Gasteiger partial charge in [0.2, 0.25) is 0 Å². The lowest BCUT2D eigenvalue weighted by atomic mass is 9.77. The number of ketones is 1. The van der Waals surface area contributed by atoms with Crippen LogP contribution >= 0.6 is 11.6 Å². The van der Waals surface area contributed by atoms with Crippen LogP contribution in [0.3, 0.4) is 0 Å². The Morgan fingerprint density at radius 3 is 2.39 bits per heavy atom. The Morgan fingerprint density at radius 2 is 1.78 bits per heavy atom. The molecule has 0 spiro atoms. The highest BCUT2D eigenvalue weighted by atomic mass is 35.5. The lowest BCUT2D eigenvalue weighted by Crippen LogP contribution is -2.13. The van der Waals surface area contributed by atoms with Crippen LogP contribution in [0.1, 0.15) is 99.9 Å². The standard InChI is InChI=1S/C21H31ClO/c1-3-4-5-6-7-8-17-9-11-18(12-10-17)19-13-14-20(16(2)23)21(22)15-19/h13-15,17-18H,3-12H2,1-2H3. The Labute approximate surface area is 146 Å². The van der Waals surface area contributed by atoms with Gasteiger partial charge < -0.3 is 0 Å². The molecular weight excluding hydrogens is 304 g/mol. The average Bonchev–Trinajstić information content (AvgIpc) is 2.55. The van der Waals surface area contributed by atoms with E-state index in [-0.39, 0.29) is 5.78 Å². The summed E-state index contributed by atoms with van der Waals surface area (Å²) in [6, 6.07) is 6.03. The average molecular weight is 335 g/mol. The number of rotatable bonds is 8. The number of hydrogen-bond donors (Lipinski definition) is 0. The second kappa shape index (κ2) is 9.47. The van der Waals surface area contributed by atoms with Crippen LogP contribution in [-0.4, -0.2) is 5.78 Å². The van der Waals surface area contributed by atoms with Crippen LogP contribution < -0.4 is 0 Å². The Morgan fingerprint density at radius 1 is 1.09 bits per heavy atom. The summed E-state index contributed by atoms with van der Waals surface area (Å²) in [5.74, 6) is 1.61. The van der Waals surface area contributed by atoms with E-state index in [1.807, 2.05) is 12.1 Å². The van der Waals surface area contributed by atoms with Crippen molar-refractivity contribution in [1.82, 2.24) is 0 Å². The van der Waals surface area contributed by atoms with Crippen molar-refractivity contribution in [2.24, 2.45) is 5.92 Å². The van der Waals surface area contributed by atoms with Gasteiger partial charge in [0.1, 0.15) is 0 Å². The van der Waals surface area contributed by atoms with E-state index in [1.165, 1.54) is 69.8 Å². The van der Waals surface area contributed by atoms with Crippen LogP contribution in [0.2, 0.25) is 5.02 Å². The lowest BCUT2D eigenvalue weighted by molar-refractivity contribution is 0.101. The quantitative estimate of drug-likeness (QED) is 0.363. The first kappa shape index (κ1) is 18.5. The second-order valence-electron chi connectivity index (χ2n) is 7.22. The van der Waals surface area contributed by atoms with Crippen molar-refractivity contribution in [3.8, 4) is 0 Å². The zero-order chi connectivity index (χ0) is 16.7. The summed E-state index contributed by atoms with van der Waals surface area (Å²) >= 11 is 6.26. The first-order chi connectivity index (χ1) is 11.1. The van der Waals surface area contributed by atoms with E-state index in [4.69, 9.17) is 11.6 Å². The van der Waals surface area contributed by atoms with E-state index in [1.54, 1.807) is 6.92 Å². The lowest BCUT2D eigenvalue weighted by Gasteiger charge is -2.29. The van der Waals surface area contributed by atoms with Crippen molar-refractivity contribution in [2.75, 3.05) is 0 Å². The molecule has 1 aliphatic rings. The van der Waals surface area contributed by atoms with Gasteiger partial charge >= 0.3 is 0 Å². The molecule has 0 aromatic heterocycles. The van der Waals surface area contributed by atoms with Crippen LogP contribution in [0.15, 0.2) is 18.2 Å². The van der Waals surface area contributed by atoms with Crippen LogP contribution in [-0.2, 0) is 0 Å². The molecule has 2 rings (SSSR count). The van der Waals surface area contributed by atoms with Crippen molar-refractivity contribution < 1.29 is 4.79 Å². The highest BCUT2D eigenvalue weighted by Gasteiger charge is 2.22. The topological polar surface area (TPSA) is 17.1 Å². The minimum absolute atomic E-state index is 0.0494. The molecule has 0 radical (unpaired) electrons. The van der Waals surface area contributed by atoms with Crippen molar-refractivity contribution >= 4 is 17.4 Å². The number of hydrogen-bond acceptors (Lipinski definition) is 1. The molecule has 0 aliphatic heterocycles. The molecule has 23 heavy (non-hydrogen) atoms. The largest absolute Gasteiger partial charge is 0.294 e. The molecule has 0 unspecified atom stereocenters. The maximum absolute atomic E-state index is 11.5. The molecule has 1 fully saturated rings. The number of halogens is 1. The second-order valence-corrected chi connectivity index (χ2v) is 7.62. The van der Waals surface area contributed by atoms with E-state index in [9.17, 15) is 4.79 Å². The van der Waals surface area contributed by atoms with E-state index >= 15 is 0 Å². The molecule has 1 aromatic rings. The highest BCUT2D eigenvalue weighted by Crippen LogP contribution is 2.38. The molecule has 0 heterocycles. The van der Waals surface area contributed by atoms with Gasteiger partial charge in [-0.3, -0.25) is 4.79 Å². The predicted molar refractivity (Wildman–Crippen MR) is 99.5 cm³/mol. The van der Waals surface area contributed by atoms with E-state index < -0.39 is 0 Å². The molecule has 0 N–H and O–H groups in total. The number of carbonyl (C=O) groups excluding carboxylic acids is 1. The molecule has 0 bridgehead atoms. The summed E-state index contributed by atoms with van der Waals surface area (Å²) in [5.41, 5.74) is 1.97. The summed E-state index contributed by atoms with van der Waals surface area (Å²) in [6.07, 6.45) is 13.6. The van der Waals surface area contributed by atoms with Crippen molar-refractivity contribution in [2.45, 2.75) is 84.0 Å². The van der Waals surface area contributed by atoms with Gasteiger partial charge in [0.15, 0.2) is 5.78 Å². The Hall–Kier alpha value is -0.820. The molecule has 1 nitrogen and oxygen atoms in total. The fraction of sp³-hybridized carbons (Fsp3) is 0.667. The van der Waals surface area contributed by atoms with Crippen LogP contribution in [0.5, 0.6) is 0 Å². The van der Waals surface area contributed by atoms with Gasteiger partial charge in [-0.25, -0.2) is 0 Å². The summed E-state index contributed by atoms with van der Waals surface area (Å²) in [7, 11) is 0. The molecule has 1 aromatic carbocycles. The maximum atomic E-state index is 11.5. The number of unbranched alkanes of at least 4 members (excludes halogenated alkanes) is 4. The van der Waals surface area contributed by atoms with Gasteiger partial charge in [-0.1, -0.05) is 63.1 Å². The maximum Gasteiger partial charge on any atom is 0.161 e. The predicted octanol–water partition coefficient (Wildman–Crippen LogP) is 7.18. The van der Waals surface area contributed by atoms with Crippen molar-refractivity contribution in [3.63, 3.8) is 0 Å². The molecule has 0 amide bonds. The molecule has 1 saturated carbocycles. The fourth-order valence-electron chi connectivity index (χ4n) is 3.89. The Kier molecular flexibility index (Phi) is 7.62. The molecular formula is C21H31ClO. The zero-order valence-electron chi connectivity index (χ0n) is 14.7. The van der Waals surface area contributed by atoms with Crippen molar-refractivity contribution in [3.05, 3.63) is 34.3 Å². The molecule has 1 aliphatic carbocycles. The fourth-order valence-corrected chi connectivity index (χ4v) is 4.21. The zero-order valence-corrected chi connectivity index (χ0v) is 15.5. The van der Waals surface area contributed by atoms with Gasteiger partial charge in [-0.2, -0.15) is 0 Å². The number of benzene rings is 1. The Bertz CT molecular complexity index is 501. The van der Waals surface area contributed by atoms with Gasteiger partial charge in [-0.05, 0) is 62.1 Å². The third-order valence-corrected chi connectivity index (χ3v) is 5.72.